The minimum Gasteiger partial charge on any atom is -0.328 e. The van der Waals surface area contributed by atoms with E-state index in [0.29, 0.717) is 50.9 Å². The van der Waals surface area contributed by atoms with Crippen LogP contribution in [-0.4, -0.2) is 64.8 Å². The van der Waals surface area contributed by atoms with Gasteiger partial charge < -0.3 is 10.2 Å². The number of aryl methyl sites for hydroxylation is 2. The van der Waals surface area contributed by atoms with Crippen molar-refractivity contribution in [3.05, 3.63) is 58.5 Å². The molecular formula is C27H25BrN8O3. The Morgan fingerprint density at radius 1 is 1.10 bits per heavy atom. The van der Waals surface area contributed by atoms with Gasteiger partial charge in [-0.2, -0.15) is 5.10 Å². The summed E-state index contributed by atoms with van der Waals surface area (Å²) in [6.07, 6.45) is 5.87. The molecule has 1 aliphatic heterocycles. The molecule has 2 aliphatic rings. The van der Waals surface area contributed by atoms with Crippen LogP contribution in [0.5, 0.6) is 0 Å². The summed E-state index contributed by atoms with van der Waals surface area (Å²) in [5.74, 6) is 0.843. The Labute approximate surface area is 232 Å². The lowest BCUT2D eigenvalue weighted by Crippen LogP contribution is -2.47. The topological polar surface area (TPSA) is 136 Å². The molecule has 2 fully saturated rings. The highest BCUT2D eigenvalue weighted by molar-refractivity contribution is 9.10. The fraction of sp³-hybridized carbons (Fsp3) is 0.333. The molecular weight excluding hydrogens is 564 g/mol. The Kier molecular flexibility index (Phi) is 6.21. The third-order valence-electron chi connectivity index (χ3n) is 7.38. The van der Waals surface area contributed by atoms with Gasteiger partial charge in [-0.05, 0) is 65.7 Å². The third-order valence-corrected chi connectivity index (χ3v) is 7.82. The number of ketones is 1. The Morgan fingerprint density at radius 3 is 2.62 bits per heavy atom. The van der Waals surface area contributed by atoms with Crippen molar-refractivity contribution in [2.75, 3.05) is 11.9 Å². The number of nitrogens with zero attached hydrogens (tertiary/aromatic N) is 7. The molecule has 5 heterocycles. The quantitative estimate of drug-likeness (QED) is 0.267. The lowest BCUT2D eigenvalue weighted by atomic mass is 10.1. The van der Waals surface area contributed by atoms with E-state index in [1.54, 1.807) is 36.5 Å². The van der Waals surface area contributed by atoms with Gasteiger partial charge in [-0.1, -0.05) is 6.07 Å². The number of carbonyl (C=O) groups is 3. The van der Waals surface area contributed by atoms with Crippen LogP contribution in [0.1, 0.15) is 35.2 Å². The molecule has 0 radical (unpaired) electrons. The number of amides is 2. The first-order valence-electron chi connectivity index (χ1n) is 12.6. The Morgan fingerprint density at radius 2 is 1.87 bits per heavy atom. The van der Waals surface area contributed by atoms with Gasteiger partial charge in [0, 0.05) is 36.8 Å². The van der Waals surface area contributed by atoms with E-state index >= 15 is 0 Å². The first kappa shape index (κ1) is 25.2. The molecule has 2 amide bonds. The van der Waals surface area contributed by atoms with E-state index in [9.17, 15) is 14.4 Å². The van der Waals surface area contributed by atoms with Crippen molar-refractivity contribution in [1.82, 2.24) is 34.6 Å². The fourth-order valence-corrected chi connectivity index (χ4v) is 5.54. The molecule has 0 aromatic carbocycles. The second-order valence-corrected chi connectivity index (χ2v) is 10.9. The number of hydrogen-bond acceptors (Lipinski definition) is 8. The zero-order chi connectivity index (χ0) is 27.4. The van der Waals surface area contributed by atoms with Gasteiger partial charge in [0.2, 0.25) is 11.8 Å². The summed E-state index contributed by atoms with van der Waals surface area (Å²) in [7, 11) is 0. The van der Waals surface area contributed by atoms with Crippen LogP contribution in [-0.2, 0) is 16.1 Å². The molecule has 11 nitrogen and oxygen atoms in total. The van der Waals surface area contributed by atoms with Gasteiger partial charge in [-0.15, -0.1) is 0 Å². The third kappa shape index (κ3) is 4.69. The number of carbonyl (C=O) groups excluding carboxylic acids is 3. The summed E-state index contributed by atoms with van der Waals surface area (Å²) in [6.45, 7) is 5.51. The maximum absolute atomic E-state index is 13.6. The molecule has 0 spiro atoms. The van der Waals surface area contributed by atoms with Gasteiger partial charge in [-0.3, -0.25) is 24.0 Å². The number of piperidine rings is 1. The second-order valence-electron chi connectivity index (χ2n) is 10.1. The number of hydrogen-bond donors (Lipinski definition) is 1. The largest absolute Gasteiger partial charge is 0.328 e. The van der Waals surface area contributed by atoms with Crippen molar-refractivity contribution in [2.45, 2.75) is 39.8 Å². The maximum Gasteiger partial charge on any atom is 0.248 e. The summed E-state index contributed by atoms with van der Waals surface area (Å²) < 4.78 is 2.11. The molecule has 1 N–H and O–H groups in total. The molecule has 1 saturated heterocycles. The molecule has 4 aromatic heterocycles. The van der Waals surface area contributed by atoms with Crippen molar-refractivity contribution in [2.24, 2.45) is 11.8 Å². The molecule has 0 unspecified atom stereocenters. The summed E-state index contributed by atoms with van der Waals surface area (Å²) in [6, 6.07) is 4.86. The molecule has 1 saturated carbocycles. The van der Waals surface area contributed by atoms with E-state index in [0.717, 1.165) is 12.0 Å². The molecule has 6 rings (SSSR count). The highest BCUT2D eigenvalue weighted by Gasteiger charge is 2.56. The predicted octanol–water partition coefficient (Wildman–Crippen LogP) is 3.35. The number of aromatic nitrogens is 6. The first-order valence-corrected chi connectivity index (χ1v) is 13.4. The summed E-state index contributed by atoms with van der Waals surface area (Å²) in [4.78, 5) is 58.3. The number of Topliss-reactive ketones (excluding diaryl/α,β-unsaturated/α-hetero) is 1. The van der Waals surface area contributed by atoms with E-state index in [2.05, 4.69) is 46.3 Å². The highest BCUT2D eigenvalue weighted by Crippen LogP contribution is 2.50. The molecule has 1 aliphatic carbocycles. The second kappa shape index (κ2) is 9.60. The van der Waals surface area contributed by atoms with Crippen LogP contribution in [0.25, 0.3) is 22.2 Å². The van der Waals surface area contributed by atoms with Crippen LogP contribution in [0.15, 0.2) is 41.4 Å². The molecule has 12 heteroatoms. The molecule has 0 bridgehead atoms. The zero-order valence-electron chi connectivity index (χ0n) is 21.6. The summed E-state index contributed by atoms with van der Waals surface area (Å²) >= 11 is 3.34. The Balaban J connectivity index is 1.27. The number of anilines is 1. The van der Waals surface area contributed by atoms with Crippen molar-refractivity contribution in [1.29, 1.82) is 0 Å². The van der Waals surface area contributed by atoms with Crippen LogP contribution in [0.3, 0.4) is 0 Å². The van der Waals surface area contributed by atoms with Crippen LogP contribution < -0.4 is 5.32 Å². The minimum absolute atomic E-state index is 0.115. The Bertz CT molecular complexity index is 1650. The maximum atomic E-state index is 13.6. The minimum atomic E-state index is -0.581. The van der Waals surface area contributed by atoms with Crippen LogP contribution >= 0.6 is 15.9 Å². The molecule has 39 heavy (non-hydrogen) atoms. The van der Waals surface area contributed by atoms with Crippen molar-refractivity contribution >= 4 is 50.2 Å². The molecule has 4 aromatic rings. The average molecular weight is 589 g/mol. The number of halogens is 1. The average Bonchev–Trinajstić information content (AvgIpc) is 3.41. The Hall–Kier alpha value is -4.06. The van der Waals surface area contributed by atoms with Crippen molar-refractivity contribution in [3.8, 4) is 11.3 Å². The standard InChI is InChI=1S/C27H25BrN8O3/c1-13-4-5-22(28)32-26(13)33-27(39)25-18-6-16(18)11-35(25)23(38)12-36-21-10-31-20(17-8-29-15(3)30-9-17)7-19(21)24(34-36)14(2)37/h4-5,7-10,16,18,25H,6,11-12H2,1-3H3,(H,32,33,39)/t16-,18-,25+/m1/s1. The van der Waals surface area contributed by atoms with Gasteiger partial charge in [0.15, 0.2) is 5.78 Å². The van der Waals surface area contributed by atoms with Crippen molar-refractivity contribution in [3.63, 3.8) is 0 Å². The first-order chi connectivity index (χ1) is 18.7. The summed E-state index contributed by atoms with van der Waals surface area (Å²) in [5.41, 5.74) is 2.96. The lowest BCUT2D eigenvalue weighted by molar-refractivity contribution is -0.138. The predicted molar refractivity (Wildman–Crippen MR) is 146 cm³/mol. The number of likely N-dealkylation sites (tertiary alicyclic amines) is 1. The van der Waals surface area contributed by atoms with E-state index in [-0.39, 0.29) is 35.8 Å². The number of pyridine rings is 2. The van der Waals surface area contributed by atoms with Crippen molar-refractivity contribution < 1.29 is 14.4 Å². The lowest BCUT2D eigenvalue weighted by Gasteiger charge is -2.27. The number of nitrogens with one attached hydrogen (secondary N) is 1. The zero-order valence-corrected chi connectivity index (χ0v) is 23.1. The van der Waals surface area contributed by atoms with E-state index in [1.807, 2.05) is 19.1 Å². The SMILES string of the molecule is CC(=O)c1nn(CC(=O)N2C[C@H]3C[C@H]3[C@H]2C(=O)Nc2nc(Br)ccc2C)c2cnc(-c3cnc(C)nc3)cc12. The normalized spacial score (nSPS) is 19.7. The van der Waals surface area contributed by atoms with Gasteiger partial charge in [0.25, 0.3) is 0 Å². The molecule has 198 valence electrons. The van der Waals surface area contributed by atoms with Gasteiger partial charge >= 0.3 is 0 Å². The fourth-order valence-electron chi connectivity index (χ4n) is 5.23. The monoisotopic (exact) mass is 588 g/mol. The summed E-state index contributed by atoms with van der Waals surface area (Å²) in [5, 5.41) is 7.98. The number of rotatable bonds is 6. The molecule has 3 atom stereocenters. The van der Waals surface area contributed by atoms with E-state index < -0.39 is 6.04 Å². The van der Waals surface area contributed by atoms with Crippen LogP contribution in [0.4, 0.5) is 5.82 Å². The van der Waals surface area contributed by atoms with E-state index in [1.165, 1.54) is 11.6 Å². The number of fused-ring (bicyclic) bond motifs is 2. The van der Waals surface area contributed by atoms with Gasteiger partial charge in [0.1, 0.15) is 34.5 Å². The van der Waals surface area contributed by atoms with Crippen LogP contribution in [0.2, 0.25) is 0 Å². The highest BCUT2D eigenvalue weighted by atomic mass is 79.9. The van der Waals surface area contributed by atoms with Crippen LogP contribution in [0, 0.1) is 25.7 Å². The van der Waals surface area contributed by atoms with Gasteiger partial charge in [0.05, 0.1) is 17.4 Å². The smallest absolute Gasteiger partial charge is 0.248 e. The van der Waals surface area contributed by atoms with Gasteiger partial charge in [-0.25, -0.2) is 15.0 Å². The van der Waals surface area contributed by atoms with E-state index in [4.69, 9.17) is 0 Å².